The van der Waals surface area contributed by atoms with Gasteiger partial charge in [0.15, 0.2) is 0 Å². The Morgan fingerprint density at radius 2 is 2.00 bits per heavy atom. The van der Waals surface area contributed by atoms with Crippen LogP contribution in [0.5, 0.6) is 0 Å². The van der Waals surface area contributed by atoms with Gasteiger partial charge in [-0.05, 0) is 6.42 Å². The van der Waals surface area contributed by atoms with Crippen molar-refractivity contribution in [1.29, 1.82) is 0 Å². The highest BCUT2D eigenvalue weighted by molar-refractivity contribution is 7.94. The van der Waals surface area contributed by atoms with Crippen molar-refractivity contribution in [2.75, 3.05) is 5.75 Å². The molecule has 0 aromatic carbocycles. The number of hydrogen-bond donors (Lipinski definition) is 0. The van der Waals surface area contributed by atoms with E-state index in [1.807, 2.05) is 0 Å². The minimum Gasteiger partial charge on any atom is -0.165 e. The zero-order valence-corrected chi connectivity index (χ0v) is 6.14. The average Bonchev–Trinajstić information content (AvgIpc) is 1.81. The third kappa shape index (κ3) is 6.34. The van der Waals surface area contributed by atoms with Gasteiger partial charge in [-0.25, -0.2) is 0 Å². The topological polar surface area (TPSA) is 0 Å². The summed E-state index contributed by atoms with van der Waals surface area (Å²) < 4.78 is 11.3. The van der Waals surface area contributed by atoms with Crippen LogP contribution in [0, 0.1) is 0 Å². The molecule has 8 heavy (non-hydrogen) atoms. The molecular weight excluding hydrogens is 122 g/mol. The lowest BCUT2D eigenvalue weighted by Crippen LogP contribution is -1.77. The molecule has 0 aliphatic rings. The summed E-state index contributed by atoms with van der Waals surface area (Å²) in [7, 11) is 2.16. The second-order valence-corrected chi connectivity index (χ2v) is 2.50. The Hall–Kier alpha value is 0.345. The average molecular weight is 134 g/mol. The number of halogens is 1. The Morgan fingerprint density at radius 3 is 2.50 bits per heavy atom. The summed E-state index contributed by atoms with van der Waals surface area (Å²) in [6, 6.07) is 0. The summed E-state index contributed by atoms with van der Waals surface area (Å²) >= 11 is 0.452. The molecule has 3 heteroatoms. The van der Waals surface area contributed by atoms with Crippen LogP contribution >= 0.6 is 12.1 Å². The lowest BCUT2D eigenvalue weighted by Gasteiger charge is -1.91. The van der Waals surface area contributed by atoms with E-state index in [1.54, 1.807) is 0 Å². The molecule has 0 nitrogen and oxygen atoms in total. The molecule has 0 aliphatic carbocycles. The van der Waals surface area contributed by atoms with E-state index in [0.717, 1.165) is 6.42 Å². The number of unbranched alkanes of at least 4 members (excludes halogenated alkanes) is 2. The highest BCUT2D eigenvalue weighted by atomic mass is 32.2. The Kier molecular flexibility index (Phi) is 7.66. The molecule has 0 unspecified atom stereocenters. The lowest BCUT2D eigenvalue weighted by molar-refractivity contribution is 0.770. The van der Waals surface area contributed by atoms with Crippen molar-refractivity contribution < 1.29 is 3.89 Å². The van der Waals surface area contributed by atoms with Gasteiger partial charge >= 0.3 is 0 Å². The molecule has 0 bridgehead atoms. The minimum absolute atomic E-state index is 0.452. The van der Waals surface area contributed by atoms with E-state index in [4.69, 9.17) is 0 Å². The van der Waals surface area contributed by atoms with E-state index >= 15 is 0 Å². The first-order valence-electron chi connectivity index (χ1n) is 3.15. The summed E-state index contributed by atoms with van der Waals surface area (Å²) in [6.07, 6.45) is 4.71. The molecule has 0 fully saturated rings. The van der Waals surface area contributed by atoms with Gasteiger partial charge in [0.2, 0.25) is 0 Å². The van der Waals surface area contributed by atoms with Crippen molar-refractivity contribution in [3.8, 4) is 0 Å². The first-order chi connectivity index (χ1) is 3.91. The van der Waals surface area contributed by atoms with Crippen molar-refractivity contribution in [3.63, 3.8) is 0 Å². The molecule has 0 amide bonds. The largest absolute Gasteiger partial charge is 0.165 e. The van der Waals surface area contributed by atoms with E-state index in [-0.39, 0.29) is 0 Å². The lowest BCUT2D eigenvalue weighted by atomic mass is 10.00. The minimum atomic E-state index is 0.452. The molecule has 0 aromatic rings. The quantitative estimate of drug-likeness (QED) is 0.408. The molecule has 48 valence electrons. The van der Waals surface area contributed by atoms with Gasteiger partial charge in [0.1, 0.15) is 7.85 Å². The van der Waals surface area contributed by atoms with Crippen LogP contribution in [0.15, 0.2) is 0 Å². The monoisotopic (exact) mass is 134 g/mol. The van der Waals surface area contributed by atoms with E-state index in [2.05, 4.69) is 7.85 Å². The maximum absolute atomic E-state index is 11.3. The van der Waals surface area contributed by atoms with Crippen LogP contribution in [0.25, 0.3) is 0 Å². The standard InChI is InChI=1S/C5H12BFS/c6-4-2-1-3-5-8-7/h1-6H2. The second-order valence-electron chi connectivity index (χ2n) is 1.87. The molecule has 0 N–H and O–H groups in total. The normalized spacial score (nSPS) is 9.62. The molecule has 0 spiro atoms. The summed E-state index contributed by atoms with van der Waals surface area (Å²) in [5, 5.41) is 0. The van der Waals surface area contributed by atoms with Crippen molar-refractivity contribution in [3.05, 3.63) is 0 Å². The van der Waals surface area contributed by atoms with Gasteiger partial charge in [-0.15, -0.1) is 0 Å². The van der Waals surface area contributed by atoms with Crippen molar-refractivity contribution >= 4 is 20.0 Å². The Balaban J connectivity index is 2.53. The molecule has 0 aliphatic heterocycles. The second kappa shape index (κ2) is 7.34. The first kappa shape index (κ1) is 8.34. The number of rotatable bonds is 5. The van der Waals surface area contributed by atoms with Crippen molar-refractivity contribution in [2.24, 2.45) is 0 Å². The first-order valence-corrected chi connectivity index (χ1v) is 4.04. The van der Waals surface area contributed by atoms with Crippen LogP contribution in [-0.4, -0.2) is 13.6 Å². The van der Waals surface area contributed by atoms with E-state index in [1.165, 1.54) is 19.2 Å². The summed E-state index contributed by atoms with van der Waals surface area (Å²) in [5.41, 5.74) is 0. The molecule has 0 atom stereocenters. The van der Waals surface area contributed by atoms with Gasteiger partial charge in [0.25, 0.3) is 0 Å². The van der Waals surface area contributed by atoms with E-state index in [0.29, 0.717) is 17.9 Å². The smallest absolute Gasteiger partial charge is 0.101 e. The van der Waals surface area contributed by atoms with E-state index < -0.39 is 0 Å². The molecule has 0 saturated heterocycles. The van der Waals surface area contributed by atoms with Gasteiger partial charge in [-0.2, -0.15) is 3.89 Å². The Labute approximate surface area is 55.9 Å². The summed E-state index contributed by atoms with van der Waals surface area (Å²) in [4.78, 5) is 0. The van der Waals surface area contributed by atoms with Crippen molar-refractivity contribution in [2.45, 2.75) is 25.6 Å². The Bertz CT molecular complexity index is 37.4. The predicted molar refractivity (Wildman–Crippen MR) is 40.8 cm³/mol. The maximum Gasteiger partial charge on any atom is 0.101 e. The third-order valence-electron chi connectivity index (χ3n) is 1.08. The van der Waals surface area contributed by atoms with Crippen LogP contribution in [0.3, 0.4) is 0 Å². The number of hydrogen-bond acceptors (Lipinski definition) is 1. The highest BCUT2D eigenvalue weighted by Gasteiger charge is 1.85. The van der Waals surface area contributed by atoms with Gasteiger partial charge in [-0.3, -0.25) is 0 Å². The van der Waals surface area contributed by atoms with Gasteiger partial charge in [0, 0.05) is 17.9 Å². The van der Waals surface area contributed by atoms with Crippen LogP contribution in [0.1, 0.15) is 19.3 Å². The molecule has 0 aromatic heterocycles. The summed E-state index contributed by atoms with van der Waals surface area (Å²) in [5.74, 6) is 0.681. The van der Waals surface area contributed by atoms with Gasteiger partial charge in [0.05, 0.1) is 0 Å². The molecule has 0 radical (unpaired) electrons. The zero-order chi connectivity index (χ0) is 6.24. The van der Waals surface area contributed by atoms with Crippen molar-refractivity contribution in [1.82, 2.24) is 0 Å². The Morgan fingerprint density at radius 1 is 1.25 bits per heavy atom. The SMILES string of the molecule is BCCCCCSF. The molecule has 0 heterocycles. The van der Waals surface area contributed by atoms with Crippen LogP contribution in [0.4, 0.5) is 3.89 Å². The maximum atomic E-state index is 11.3. The third-order valence-corrected chi connectivity index (χ3v) is 1.52. The summed E-state index contributed by atoms with van der Waals surface area (Å²) in [6.45, 7) is 0. The predicted octanol–water partition coefficient (Wildman–Crippen LogP) is 1.83. The molecule has 0 rings (SSSR count). The van der Waals surface area contributed by atoms with Gasteiger partial charge < -0.3 is 0 Å². The fourth-order valence-electron chi connectivity index (χ4n) is 0.583. The molecule has 0 saturated carbocycles. The van der Waals surface area contributed by atoms with Crippen LogP contribution < -0.4 is 0 Å². The zero-order valence-electron chi connectivity index (χ0n) is 5.32. The van der Waals surface area contributed by atoms with Crippen LogP contribution in [0.2, 0.25) is 6.32 Å². The van der Waals surface area contributed by atoms with E-state index in [9.17, 15) is 3.89 Å². The highest BCUT2D eigenvalue weighted by Crippen LogP contribution is 2.06. The fourth-order valence-corrected chi connectivity index (χ4v) is 0.897. The fraction of sp³-hybridized carbons (Fsp3) is 1.00. The van der Waals surface area contributed by atoms with Gasteiger partial charge in [-0.1, -0.05) is 19.2 Å². The van der Waals surface area contributed by atoms with Crippen LogP contribution in [-0.2, 0) is 0 Å². The molecular formula is C5H12BFS.